The van der Waals surface area contributed by atoms with Gasteiger partial charge in [-0.3, -0.25) is 15.7 Å². The molecule has 7 nitrogen and oxygen atoms in total. The Hall–Kier alpha value is -2.36. The highest BCUT2D eigenvalue weighted by atomic mass is 15.1. The first kappa shape index (κ1) is 11.7. The Kier molecular flexibility index (Phi) is 5.13. The summed E-state index contributed by atoms with van der Waals surface area (Å²) in [5.74, 6) is 0.745. The van der Waals surface area contributed by atoms with Crippen LogP contribution in [-0.2, 0) is 0 Å². The molecular formula is C9H13N7. The number of hydrogen-bond donors (Lipinski definition) is 4. The molecule has 0 aliphatic carbocycles. The minimum atomic E-state index is 0.0157. The monoisotopic (exact) mass is 219 g/mol. The van der Waals surface area contributed by atoms with E-state index in [1.165, 1.54) is 0 Å². The molecule has 0 bridgehead atoms. The van der Waals surface area contributed by atoms with E-state index in [0.717, 1.165) is 18.8 Å². The third-order valence-electron chi connectivity index (χ3n) is 1.71. The van der Waals surface area contributed by atoms with Crippen molar-refractivity contribution in [1.29, 1.82) is 10.7 Å². The summed E-state index contributed by atoms with van der Waals surface area (Å²) in [4.78, 5) is 7.96. The fraction of sp³-hybridized carbons (Fsp3) is 0.333. The van der Waals surface area contributed by atoms with Gasteiger partial charge in [0, 0.05) is 25.5 Å². The van der Waals surface area contributed by atoms with Crippen LogP contribution < -0.4 is 16.0 Å². The minimum Gasteiger partial charge on any atom is -0.369 e. The standard InChI is InChI=1S/C9H13N7/c10-7-16-9(11)15-3-1-2-13-8-6-12-4-5-14-8/h4-6H,1-3H2,(H,13,14)(H3,11,15,16). The molecule has 0 fully saturated rings. The largest absolute Gasteiger partial charge is 0.369 e. The van der Waals surface area contributed by atoms with Gasteiger partial charge < -0.3 is 10.6 Å². The van der Waals surface area contributed by atoms with Gasteiger partial charge in [0.05, 0.1) is 6.20 Å². The number of aromatic nitrogens is 2. The van der Waals surface area contributed by atoms with Gasteiger partial charge in [-0.2, -0.15) is 5.26 Å². The van der Waals surface area contributed by atoms with Crippen LogP contribution >= 0.6 is 0 Å². The zero-order chi connectivity index (χ0) is 11.6. The van der Waals surface area contributed by atoms with Crippen LogP contribution in [0.1, 0.15) is 6.42 Å². The molecule has 0 aliphatic heterocycles. The average molecular weight is 219 g/mol. The lowest BCUT2D eigenvalue weighted by molar-refractivity contribution is 0.785. The molecule has 1 aromatic rings. The van der Waals surface area contributed by atoms with E-state index >= 15 is 0 Å². The smallest absolute Gasteiger partial charge is 0.201 e. The van der Waals surface area contributed by atoms with Crippen molar-refractivity contribution in [2.24, 2.45) is 0 Å². The van der Waals surface area contributed by atoms with E-state index < -0.39 is 0 Å². The van der Waals surface area contributed by atoms with Crippen LogP contribution in [0.3, 0.4) is 0 Å². The maximum absolute atomic E-state index is 8.22. The van der Waals surface area contributed by atoms with Crippen LogP contribution in [0.15, 0.2) is 18.6 Å². The Morgan fingerprint density at radius 1 is 1.44 bits per heavy atom. The van der Waals surface area contributed by atoms with Gasteiger partial charge in [-0.25, -0.2) is 4.98 Å². The minimum absolute atomic E-state index is 0.0157. The summed E-state index contributed by atoms with van der Waals surface area (Å²) in [7, 11) is 0. The van der Waals surface area contributed by atoms with E-state index in [1.807, 2.05) is 0 Å². The maximum atomic E-state index is 8.22. The summed E-state index contributed by atoms with van der Waals surface area (Å²) in [5.41, 5.74) is 0. The van der Waals surface area contributed by atoms with Crippen molar-refractivity contribution in [3.63, 3.8) is 0 Å². The van der Waals surface area contributed by atoms with Gasteiger partial charge in [0.1, 0.15) is 5.82 Å². The van der Waals surface area contributed by atoms with Crippen molar-refractivity contribution in [3.8, 4) is 6.19 Å². The summed E-state index contributed by atoms with van der Waals surface area (Å²) in [6.07, 6.45) is 7.35. The van der Waals surface area contributed by atoms with Crippen molar-refractivity contribution in [2.75, 3.05) is 18.4 Å². The van der Waals surface area contributed by atoms with Gasteiger partial charge >= 0.3 is 0 Å². The molecule has 0 aliphatic rings. The SMILES string of the molecule is N#CNC(=N)NCCCNc1cnccn1. The lowest BCUT2D eigenvalue weighted by atomic mass is 10.4. The topological polar surface area (TPSA) is 110 Å². The third-order valence-corrected chi connectivity index (χ3v) is 1.71. The molecule has 1 heterocycles. The highest BCUT2D eigenvalue weighted by molar-refractivity contribution is 5.77. The molecule has 1 rings (SSSR count). The van der Waals surface area contributed by atoms with E-state index in [1.54, 1.807) is 24.8 Å². The number of guanidine groups is 1. The van der Waals surface area contributed by atoms with Crippen LogP contribution in [0.4, 0.5) is 5.82 Å². The fourth-order valence-electron chi connectivity index (χ4n) is 1.01. The predicted octanol–water partition coefficient (Wildman–Crippen LogP) is -0.126. The Morgan fingerprint density at radius 3 is 3.00 bits per heavy atom. The van der Waals surface area contributed by atoms with Crippen LogP contribution in [0, 0.1) is 16.9 Å². The molecule has 0 spiro atoms. The average Bonchev–Trinajstić information content (AvgIpc) is 2.30. The van der Waals surface area contributed by atoms with Gasteiger partial charge in [0.15, 0.2) is 6.19 Å². The van der Waals surface area contributed by atoms with Gasteiger partial charge in [0.2, 0.25) is 5.96 Å². The first-order valence-corrected chi connectivity index (χ1v) is 4.80. The van der Waals surface area contributed by atoms with Crippen LogP contribution in [0.2, 0.25) is 0 Å². The summed E-state index contributed by atoms with van der Waals surface area (Å²) in [5, 5.41) is 23.4. The maximum Gasteiger partial charge on any atom is 0.201 e. The summed E-state index contributed by atoms with van der Waals surface area (Å²) < 4.78 is 0. The van der Waals surface area contributed by atoms with Gasteiger partial charge in [-0.1, -0.05) is 0 Å². The van der Waals surface area contributed by atoms with Crippen molar-refractivity contribution in [2.45, 2.75) is 6.42 Å². The second-order valence-corrected chi connectivity index (χ2v) is 2.91. The summed E-state index contributed by atoms with van der Waals surface area (Å²) >= 11 is 0. The number of nitrogens with one attached hydrogen (secondary N) is 4. The molecule has 0 unspecified atom stereocenters. The molecule has 7 heteroatoms. The summed E-state index contributed by atoms with van der Waals surface area (Å²) in [6, 6.07) is 0. The zero-order valence-corrected chi connectivity index (χ0v) is 8.70. The quantitative estimate of drug-likeness (QED) is 0.181. The van der Waals surface area contributed by atoms with Crippen molar-refractivity contribution in [3.05, 3.63) is 18.6 Å². The number of hydrogen-bond acceptors (Lipinski definition) is 5. The Labute approximate surface area is 93.4 Å². The molecular weight excluding hydrogens is 206 g/mol. The second kappa shape index (κ2) is 7.00. The van der Waals surface area contributed by atoms with E-state index in [-0.39, 0.29) is 5.96 Å². The molecule has 0 aromatic carbocycles. The third kappa shape index (κ3) is 4.76. The number of nitriles is 1. The highest BCUT2D eigenvalue weighted by Crippen LogP contribution is 1.95. The molecule has 0 saturated heterocycles. The highest BCUT2D eigenvalue weighted by Gasteiger charge is 1.94. The lowest BCUT2D eigenvalue weighted by Gasteiger charge is -2.06. The lowest BCUT2D eigenvalue weighted by Crippen LogP contribution is -2.34. The molecule has 16 heavy (non-hydrogen) atoms. The van der Waals surface area contributed by atoms with Crippen molar-refractivity contribution in [1.82, 2.24) is 20.6 Å². The van der Waals surface area contributed by atoms with E-state index in [9.17, 15) is 0 Å². The van der Waals surface area contributed by atoms with E-state index in [0.29, 0.717) is 6.54 Å². The molecule has 0 amide bonds. The first-order chi connectivity index (χ1) is 7.83. The number of rotatable bonds is 5. The van der Waals surface area contributed by atoms with Crippen LogP contribution in [0.5, 0.6) is 0 Å². The van der Waals surface area contributed by atoms with E-state index in [2.05, 4.69) is 25.9 Å². The number of anilines is 1. The zero-order valence-electron chi connectivity index (χ0n) is 8.70. The second-order valence-electron chi connectivity index (χ2n) is 2.91. The predicted molar refractivity (Wildman–Crippen MR) is 59.6 cm³/mol. The molecule has 0 radical (unpaired) electrons. The number of nitrogens with zero attached hydrogens (tertiary/aromatic N) is 3. The molecule has 4 N–H and O–H groups in total. The van der Waals surface area contributed by atoms with Crippen LogP contribution in [0.25, 0.3) is 0 Å². The van der Waals surface area contributed by atoms with Gasteiger partial charge in [-0.05, 0) is 6.42 Å². The Balaban J connectivity index is 2.05. The Bertz CT molecular complexity index is 356. The van der Waals surface area contributed by atoms with Gasteiger partial charge in [0.25, 0.3) is 0 Å². The molecule has 84 valence electrons. The van der Waals surface area contributed by atoms with Gasteiger partial charge in [-0.15, -0.1) is 0 Å². The first-order valence-electron chi connectivity index (χ1n) is 4.80. The van der Waals surface area contributed by atoms with Crippen molar-refractivity contribution < 1.29 is 0 Å². The summed E-state index contributed by atoms with van der Waals surface area (Å²) in [6.45, 7) is 1.34. The normalized spacial score (nSPS) is 8.94. The fourth-order valence-corrected chi connectivity index (χ4v) is 1.01. The van der Waals surface area contributed by atoms with E-state index in [4.69, 9.17) is 10.7 Å². The molecule has 1 aromatic heterocycles. The van der Waals surface area contributed by atoms with Crippen molar-refractivity contribution >= 4 is 11.8 Å². The molecule has 0 saturated carbocycles. The van der Waals surface area contributed by atoms with Crippen LogP contribution in [-0.4, -0.2) is 29.0 Å². The Morgan fingerprint density at radius 2 is 2.31 bits per heavy atom. The molecule has 0 atom stereocenters.